The van der Waals surface area contributed by atoms with Crippen molar-refractivity contribution >= 4 is 29.5 Å². The summed E-state index contributed by atoms with van der Waals surface area (Å²) in [5.74, 6) is 0.566. The number of methoxy groups -OCH3 is 1. The Kier molecular flexibility index (Phi) is 5.05. The van der Waals surface area contributed by atoms with Crippen molar-refractivity contribution in [3.63, 3.8) is 0 Å². The number of nitrogens with zero attached hydrogens (tertiary/aromatic N) is 2. The lowest BCUT2D eigenvalue weighted by Gasteiger charge is -2.15. The van der Waals surface area contributed by atoms with E-state index < -0.39 is 6.04 Å². The normalized spacial score (nSPS) is 12.3. The van der Waals surface area contributed by atoms with E-state index in [0.29, 0.717) is 23.7 Å². The monoisotopic (exact) mass is 312 g/mol. The van der Waals surface area contributed by atoms with Crippen LogP contribution in [0, 0.1) is 4.77 Å². The molecule has 0 saturated carbocycles. The van der Waals surface area contributed by atoms with Gasteiger partial charge >= 0.3 is 0 Å². The fourth-order valence-electron chi connectivity index (χ4n) is 1.78. The van der Waals surface area contributed by atoms with Crippen molar-refractivity contribution in [3.8, 4) is 10.7 Å². The number of aromatic amines is 1. The molecule has 0 aliphatic rings. The van der Waals surface area contributed by atoms with Gasteiger partial charge in [0.1, 0.15) is 6.04 Å². The Hall–Kier alpha value is -1.51. The number of carbonyl (C=O) groups excluding carboxylic acids is 1. The Morgan fingerprint density at radius 1 is 1.70 bits per heavy atom. The van der Waals surface area contributed by atoms with Crippen LogP contribution in [-0.2, 0) is 9.53 Å². The predicted octanol–water partition coefficient (Wildman–Crippen LogP) is 1.99. The average Bonchev–Trinajstić information content (AvgIpc) is 3.07. The molecule has 1 unspecified atom stereocenters. The van der Waals surface area contributed by atoms with E-state index in [1.807, 2.05) is 17.5 Å². The highest BCUT2D eigenvalue weighted by atomic mass is 32.1. The molecule has 0 saturated heterocycles. The van der Waals surface area contributed by atoms with Crippen molar-refractivity contribution in [1.29, 1.82) is 0 Å². The number of nitrogens with one attached hydrogen (secondary N) is 2. The van der Waals surface area contributed by atoms with E-state index in [1.54, 1.807) is 29.9 Å². The summed E-state index contributed by atoms with van der Waals surface area (Å²) in [5, 5.41) is 11.7. The van der Waals surface area contributed by atoms with E-state index in [0.717, 1.165) is 4.88 Å². The number of aromatic nitrogens is 3. The highest BCUT2D eigenvalue weighted by Gasteiger charge is 2.20. The van der Waals surface area contributed by atoms with Gasteiger partial charge in [0.25, 0.3) is 0 Å². The van der Waals surface area contributed by atoms with Gasteiger partial charge in [-0.05, 0) is 30.6 Å². The summed E-state index contributed by atoms with van der Waals surface area (Å²) >= 11 is 6.78. The number of thiophene rings is 1. The van der Waals surface area contributed by atoms with Gasteiger partial charge in [-0.2, -0.15) is 5.10 Å². The van der Waals surface area contributed by atoms with Crippen molar-refractivity contribution < 1.29 is 9.53 Å². The van der Waals surface area contributed by atoms with Crippen LogP contribution in [0.25, 0.3) is 10.7 Å². The maximum absolute atomic E-state index is 12.1. The molecule has 2 aromatic heterocycles. The number of hydrogen-bond donors (Lipinski definition) is 2. The van der Waals surface area contributed by atoms with E-state index in [4.69, 9.17) is 17.0 Å². The van der Waals surface area contributed by atoms with Crippen LogP contribution in [-0.4, -0.2) is 40.9 Å². The molecule has 2 heterocycles. The van der Waals surface area contributed by atoms with Crippen LogP contribution in [0.3, 0.4) is 0 Å². The second-order valence-corrected chi connectivity index (χ2v) is 5.49. The maximum atomic E-state index is 12.1. The van der Waals surface area contributed by atoms with Gasteiger partial charge in [0.05, 0.1) is 11.5 Å². The van der Waals surface area contributed by atoms with Gasteiger partial charge in [-0.3, -0.25) is 14.5 Å². The molecular formula is C12H16N4O2S2. The van der Waals surface area contributed by atoms with Crippen LogP contribution in [0.1, 0.15) is 13.0 Å². The molecular weight excluding hydrogens is 296 g/mol. The molecule has 2 rings (SSSR count). The molecule has 8 heteroatoms. The third-order valence-electron chi connectivity index (χ3n) is 2.82. The van der Waals surface area contributed by atoms with Gasteiger partial charge in [-0.15, -0.1) is 11.3 Å². The van der Waals surface area contributed by atoms with E-state index in [9.17, 15) is 4.79 Å². The Morgan fingerprint density at radius 2 is 2.50 bits per heavy atom. The molecule has 1 atom stereocenters. The molecule has 0 bridgehead atoms. The van der Waals surface area contributed by atoms with Gasteiger partial charge < -0.3 is 10.1 Å². The smallest absolute Gasteiger partial charge is 0.243 e. The van der Waals surface area contributed by atoms with Crippen LogP contribution < -0.4 is 5.32 Å². The molecule has 6 nitrogen and oxygen atoms in total. The van der Waals surface area contributed by atoms with Crippen molar-refractivity contribution in [2.75, 3.05) is 20.3 Å². The fourth-order valence-corrected chi connectivity index (χ4v) is 2.79. The molecule has 0 aliphatic carbocycles. The minimum Gasteiger partial charge on any atom is -0.383 e. The molecule has 0 radical (unpaired) electrons. The average molecular weight is 312 g/mol. The molecule has 0 fully saturated rings. The predicted molar refractivity (Wildman–Crippen MR) is 80.3 cm³/mol. The van der Waals surface area contributed by atoms with Crippen molar-refractivity contribution in [2.24, 2.45) is 0 Å². The summed E-state index contributed by atoms with van der Waals surface area (Å²) in [4.78, 5) is 13.1. The quantitative estimate of drug-likeness (QED) is 0.632. The van der Waals surface area contributed by atoms with E-state index in [2.05, 4.69) is 15.5 Å². The molecule has 2 aromatic rings. The van der Waals surface area contributed by atoms with E-state index in [1.165, 1.54) is 0 Å². The second kappa shape index (κ2) is 6.78. The fraction of sp³-hybridized carbons (Fsp3) is 0.417. The summed E-state index contributed by atoms with van der Waals surface area (Å²) < 4.78 is 7.07. The first-order valence-electron chi connectivity index (χ1n) is 6.12. The summed E-state index contributed by atoms with van der Waals surface area (Å²) in [7, 11) is 1.59. The van der Waals surface area contributed by atoms with Crippen molar-refractivity contribution in [3.05, 3.63) is 22.3 Å². The first-order valence-corrected chi connectivity index (χ1v) is 7.41. The molecule has 20 heavy (non-hydrogen) atoms. The summed E-state index contributed by atoms with van der Waals surface area (Å²) in [5.41, 5.74) is 0. The lowest BCUT2D eigenvalue weighted by Crippen LogP contribution is -2.33. The number of amides is 1. The zero-order valence-corrected chi connectivity index (χ0v) is 12.9. The molecule has 1 amide bonds. The van der Waals surface area contributed by atoms with Gasteiger partial charge in [-0.25, -0.2) is 0 Å². The van der Waals surface area contributed by atoms with Crippen LogP contribution >= 0.6 is 23.6 Å². The van der Waals surface area contributed by atoms with Crippen molar-refractivity contribution in [1.82, 2.24) is 20.1 Å². The van der Waals surface area contributed by atoms with E-state index in [-0.39, 0.29) is 5.91 Å². The Balaban J connectivity index is 2.22. The first kappa shape index (κ1) is 14.9. The van der Waals surface area contributed by atoms with Gasteiger partial charge in [0.15, 0.2) is 10.6 Å². The number of hydrogen-bond acceptors (Lipinski definition) is 5. The molecule has 0 spiro atoms. The minimum absolute atomic E-state index is 0.114. The van der Waals surface area contributed by atoms with Gasteiger partial charge in [0, 0.05) is 13.7 Å². The number of H-pyrrole nitrogens is 1. The second-order valence-electron chi connectivity index (χ2n) is 4.16. The van der Waals surface area contributed by atoms with E-state index >= 15 is 0 Å². The minimum atomic E-state index is -0.435. The highest BCUT2D eigenvalue weighted by molar-refractivity contribution is 7.71. The third-order valence-corrected chi connectivity index (χ3v) is 3.97. The zero-order valence-electron chi connectivity index (χ0n) is 11.3. The lowest BCUT2D eigenvalue weighted by atomic mass is 10.3. The zero-order chi connectivity index (χ0) is 14.5. The lowest BCUT2D eigenvalue weighted by molar-refractivity contribution is -0.124. The van der Waals surface area contributed by atoms with Crippen LogP contribution in [0.4, 0.5) is 0 Å². The SMILES string of the molecule is COCCNC(=O)C(C)n1c(-c2cccs2)n[nH]c1=S. The maximum Gasteiger partial charge on any atom is 0.243 e. The van der Waals surface area contributed by atoms with Crippen molar-refractivity contribution in [2.45, 2.75) is 13.0 Å². The number of ether oxygens (including phenoxy) is 1. The largest absolute Gasteiger partial charge is 0.383 e. The molecule has 0 aliphatic heterocycles. The Morgan fingerprint density at radius 3 is 3.15 bits per heavy atom. The molecule has 2 N–H and O–H groups in total. The Labute approximate surface area is 125 Å². The molecule has 108 valence electrons. The van der Waals surface area contributed by atoms with Gasteiger partial charge in [0.2, 0.25) is 5.91 Å². The van der Waals surface area contributed by atoms with Gasteiger partial charge in [-0.1, -0.05) is 6.07 Å². The van der Waals surface area contributed by atoms with Crippen LogP contribution in [0.15, 0.2) is 17.5 Å². The number of rotatable bonds is 6. The Bertz CT molecular complexity index is 618. The summed E-state index contributed by atoms with van der Waals surface area (Å²) in [6.07, 6.45) is 0. The van der Waals surface area contributed by atoms with Crippen LogP contribution in [0.5, 0.6) is 0 Å². The topological polar surface area (TPSA) is 71.9 Å². The summed E-state index contributed by atoms with van der Waals surface area (Å²) in [6.45, 7) is 2.75. The number of carbonyl (C=O) groups is 1. The highest BCUT2D eigenvalue weighted by Crippen LogP contribution is 2.25. The summed E-state index contributed by atoms with van der Waals surface area (Å²) in [6, 6.07) is 3.45. The van der Waals surface area contributed by atoms with Crippen LogP contribution in [0.2, 0.25) is 0 Å². The molecule has 0 aromatic carbocycles. The third kappa shape index (κ3) is 3.14. The first-order chi connectivity index (χ1) is 9.65. The standard InChI is InChI=1S/C12H16N4O2S2/c1-8(11(17)13-5-6-18-2)16-10(14-15-12(16)19)9-4-3-7-20-9/h3-4,7-8H,5-6H2,1-2H3,(H,13,17)(H,15,19).